The van der Waals surface area contributed by atoms with Gasteiger partial charge >= 0.3 is 5.97 Å². The fourth-order valence-electron chi connectivity index (χ4n) is 4.26. The largest absolute Gasteiger partial charge is 0.466 e. The van der Waals surface area contributed by atoms with Crippen molar-refractivity contribution in [1.29, 1.82) is 0 Å². The van der Waals surface area contributed by atoms with Crippen LogP contribution in [0.2, 0.25) is 0 Å². The van der Waals surface area contributed by atoms with E-state index >= 15 is 0 Å². The van der Waals surface area contributed by atoms with Gasteiger partial charge in [0.2, 0.25) is 0 Å². The Kier molecular flexibility index (Phi) is 4.29. The minimum Gasteiger partial charge on any atom is -0.466 e. The quantitative estimate of drug-likeness (QED) is 0.711. The highest BCUT2D eigenvalue weighted by Gasteiger charge is 2.51. The van der Waals surface area contributed by atoms with Crippen LogP contribution in [0.3, 0.4) is 0 Å². The van der Waals surface area contributed by atoms with E-state index in [-0.39, 0.29) is 11.5 Å². The summed E-state index contributed by atoms with van der Waals surface area (Å²) in [5.41, 5.74) is 0.0169. The maximum atomic E-state index is 12.1. The first-order chi connectivity index (χ1) is 9.74. The molecule has 0 spiro atoms. The Balaban J connectivity index is 1.79. The van der Waals surface area contributed by atoms with Gasteiger partial charge in [0.15, 0.2) is 0 Å². The highest BCUT2D eigenvalue weighted by atomic mass is 16.5. The molecule has 3 aliphatic rings. The van der Waals surface area contributed by atoms with Crippen LogP contribution < -0.4 is 0 Å². The predicted octanol–water partition coefficient (Wildman–Crippen LogP) is 0.736. The summed E-state index contributed by atoms with van der Waals surface area (Å²) in [5, 5.41) is 0. The van der Waals surface area contributed by atoms with E-state index < -0.39 is 0 Å². The van der Waals surface area contributed by atoms with Gasteiger partial charge in [-0.2, -0.15) is 0 Å². The predicted molar refractivity (Wildman–Crippen MR) is 75.5 cm³/mol. The van der Waals surface area contributed by atoms with Crippen molar-refractivity contribution in [2.24, 2.45) is 5.92 Å². The molecular formula is C15H26N2O3. The van der Waals surface area contributed by atoms with Gasteiger partial charge in [0.25, 0.3) is 0 Å². The molecule has 0 radical (unpaired) electrons. The third-order valence-corrected chi connectivity index (χ3v) is 5.29. The molecule has 2 bridgehead atoms. The van der Waals surface area contributed by atoms with Gasteiger partial charge in [-0.1, -0.05) is 0 Å². The molecule has 3 fully saturated rings. The third-order valence-electron chi connectivity index (χ3n) is 5.29. The highest BCUT2D eigenvalue weighted by Crippen LogP contribution is 2.42. The zero-order valence-corrected chi connectivity index (χ0v) is 12.5. The lowest BCUT2D eigenvalue weighted by molar-refractivity contribution is -0.151. The van der Waals surface area contributed by atoms with Crippen LogP contribution in [-0.2, 0) is 14.3 Å². The molecule has 5 nitrogen and oxygen atoms in total. The number of rotatable bonds is 4. The molecule has 3 heterocycles. The van der Waals surface area contributed by atoms with E-state index in [0.717, 1.165) is 45.8 Å². The zero-order valence-electron chi connectivity index (χ0n) is 12.5. The molecule has 20 heavy (non-hydrogen) atoms. The number of esters is 1. The Hall–Kier alpha value is -0.650. The van der Waals surface area contributed by atoms with Crippen molar-refractivity contribution < 1.29 is 14.3 Å². The lowest BCUT2D eigenvalue weighted by atomic mass is 9.74. The van der Waals surface area contributed by atoms with Gasteiger partial charge in [-0.3, -0.25) is 9.69 Å². The van der Waals surface area contributed by atoms with Gasteiger partial charge in [0, 0.05) is 25.2 Å². The van der Waals surface area contributed by atoms with Crippen LogP contribution in [0.1, 0.15) is 26.2 Å². The van der Waals surface area contributed by atoms with Crippen molar-refractivity contribution in [2.75, 3.05) is 52.5 Å². The summed E-state index contributed by atoms with van der Waals surface area (Å²) < 4.78 is 10.8. The number of carbonyl (C=O) groups is 1. The summed E-state index contributed by atoms with van der Waals surface area (Å²) in [6, 6.07) is 0. The molecule has 3 unspecified atom stereocenters. The summed E-state index contributed by atoms with van der Waals surface area (Å²) in [6.45, 7) is 9.32. The fraction of sp³-hybridized carbons (Fsp3) is 0.933. The van der Waals surface area contributed by atoms with E-state index in [2.05, 4.69) is 9.80 Å². The highest BCUT2D eigenvalue weighted by molar-refractivity contribution is 5.71. The number of hydrogen-bond donors (Lipinski definition) is 0. The van der Waals surface area contributed by atoms with Crippen LogP contribution in [0.4, 0.5) is 0 Å². The molecule has 3 saturated heterocycles. The second-order valence-corrected chi connectivity index (χ2v) is 6.22. The van der Waals surface area contributed by atoms with E-state index in [1.165, 1.54) is 13.0 Å². The number of morpholine rings is 1. The van der Waals surface area contributed by atoms with Crippen LogP contribution in [-0.4, -0.2) is 73.9 Å². The Labute approximate surface area is 121 Å². The number of carbonyl (C=O) groups excluding carboxylic acids is 1. The second kappa shape index (κ2) is 6.00. The molecule has 3 rings (SSSR count). The second-order valence-electron chi connectivity index (χ2n) is 6.22. The smallest absolute Gasteiger partial charge is 0.307 e. The van der Waals surface area contributed by atoms with Gasteiger partial charge in [-0.05, 0) is 38.8 Å². The standard InChI is InChI=1S/C15H26N2O3/c1-2-20-14(18)11-15(17-7-9-19-10-8-17)4-6-16-5-3-13(15)12-16/h13H,2-12H2,1H3. The number of piperidine rings is 1. The average Bonchev–Trinajstić information content (AvgIpc) is 2.88. The summed E-state index contributed by atoms with van der Waals surface area (Å²) in [7, 11) is 0. The van der Waals surface area contributed by atoms with Crippen molar-refractivity contribution in [3.05, 3.63) is 0 Å². The van der Waals surface area contributed by atoms with E-state index in [1.54, 1.807) is 0 Å². The number of fused-ring (bicyclic) bond motifs is 2. The molecule has 5 heteroatoms. The van der Waals surface area contributed by atoms with E-state index in [0.29, 0.717) is 18.9 Å². The van der Waals surface area contributed by atoms with Crippen LogP contribution in [0.5, 0.6) is 0 Å². The molecule has 0 aromatic heterocycles. The molecule has 0 saturated carbocycles. The molecule has 0 aliphatic carbocycles. The van der Waals surface area contributed by atoms with Gasteiger partial charge in [-0.15, -0.1) is 0 Å². The first-order valence-corrected chi connectivity index (χ1v) is 7.95. The van der Waals surface area contributed by atoms with Crippen molar-refractivity contribution >= 4 is 5.97 Å². The SMILES string of the molecule is CCOC(=O)CC1(N2CCOCC2)CCN2CCC1C2. The summed E-state index contributed by atoms with van der Waals surface area (Å²) in [6.07, 6.45) is 2.87. The number of hydrogen-bond acceptors (Lipinski definition) is 5. The monoisotopic (exact) mass is 282 g/mol. The Bertz CT molecular complexity index is 357. The van der Waals surface area contributed by atoms with Crippen molar-refractivity contribution in [2.45, 2.75) is 31.7 Å². The van der Waals surface area contributed by atoms with Gasteiger partial charge in [0.1, 0.15) is 0 Å². The topological polar surface area (TPSA) is 42.0 Å². The van der Waals surface area contributed by atoms with E-state index in [1.807, 2.05) is 6.92 Å². The number of ether oxygens (including phenoxy) is 2. The molecule has 0 aromatic rings. The van der Waals surface area contributed by atoms with E-state index in [4.69, 9.17) is 9.47 Å². The minimum atomic E-state index is -0.0284. The fourth-order valence-corrected chi connectivity index (χ4v) is 4.26. The number of nitrogens with zero attached hydrogens (tertiary/aromatic N) is 2. The van der Waals surface area contributed by atoms with E-state index in [9.17, 15) is 4.79 Å². The lowest BCUT2D eigenvalue weighted by Crippen LogP contribution is -2.61. The van der Waals surface area contributed by atoms with Crippen LogP contribution in [0.15, 0.2) is 0 Å². The summed E-state index contributed by atoms with van der Waals surface area (Å²) in [4.78, 5) is 17.2. The first-order valence-electron chi connectivity index (χ1n) is 7.95. The molecular weight excluding hydrogens is 256 g/mol. The average molecular weight is 282 g/mol. The molecule has 0 aromatic carbocycles. The summed E-state index contributed by atoms with van der Waals surface area (Å²) >= 11 is 0. The lowest BCUT2D eigenvalue weighted by Gasteiger charge is -2.51. The molecule has 3 aliphatic heterocycles. The van der Waals surface area contributed by atoms with Crippen LogP contribution in [0.25, 0.3) is 0 Å². The van der Waals surface area contributed by atoms with Gasteiger partial charge < -0.3 is 14.4 Å². The Morgan fingerprint density at radius 3 is 2.85 bits per heavy atom. The summed E-state index contributed by atoms with van der Waals surface area (Å²) in [5.74, 6) is 0.582. The van der Waals surface area contributed by atoms with Crippen molar-refractivity contribution in [3.8, 4) is 0 Å². The normalized spacial score (nSPS) is 37.9. The van der Waals surface area contributed by atoms with Crippen molar-refractivity contribution in [3.63, 3.8) is 0 Å². The Morgan fingerprint density at radius 2 is 2.10 bits per heavy atom. The third kappa shape index (κ3) is 2.59. The molecule has 3 atom stereocenters. The van der Waals surface area contributed by atoms with Gasteiger partial charge in [0.05, 0.1) is 26.2 Å². The van der Waals surface area contributed by atoms with Crippen LogP contribution >= 0.6 is 0 Å². The molecule has 0 N–H and O–H groups in total. The van der Waals surface area contributed by atoms with Gasteiger partial charge in [-0.25, -0.2) is 0 Å². The Morgan fingerprint density at radius 1 is 1.30 bits per heavy atom. The van der Waals surface area contributed by atoms with Crippen LogP contribution in [0, 0.1) is 5.92 Å². The first kappa shape index (κ1) is 14.3. The maximum absolute atomic E-state index is 12.1. The maximum Gasteiger partial charge on any atom is 0.307 e. The molecule has 114 valence electrons. The van der Waals surface area contributed by atoms with Crippen molar-refractivity contribution in [1.82, 2.24) is 9.80 Å². The molecule has 0 amide bonds. The zero-order chi connectivity index (χ0) is 14.0. The minimum absolute atomic E-state index is 0.0169.